The second-order valence-electron chi connectivity index (χ2n) is 4.56. The Morgan fingerprint density at radius 3 is 2.74 bits per heavy atom. The van der Waals surface area contributed by atoms with E-state index in [4.69, 9.17) is 0 Å². The van der Waals surface area contributed by atoms with Gasteiger partial charge in [-0.05, 0) is 18.6 Å². The molecular weight excluding hydrogens is 240 g/mol. The molecule has 0 unspecified atom stereocenters. The fraction of sp³-hybridized carbons (Fsp3) is 0.429. The monoisotopic (exact) mass is 260 g/mol. The van der Waals surface area contributed by atoms with E-state index in [-0.39, 0.29) is 5.91 Å². The fourth-order valence-electron chi connectivity index (χ4n) is 2.05. The van der Waals surface area contributed by atoms with Gasteiger partial charge in [-0.3, -0.25) is 9.48 Å². The van der Waals surface area contributed by atoms with E-state index in [0.717, 1.165) is 25.1 Å². The van der Waals surface area contributed by atoms with E-state index in [1.165, 1.54) is 0 Å². The van der Waals surface area contributed by atoms with E-state index in [1.54, 1.807) is 10.9 Å². The van der Waals surface area contributed by atoms with Crippen molar-refractivity contribution in [3.63, 3.8) is 0 Å². The summed E-state index contributed by atoms with van der Waals surface area (Å²) < 4.78 is 3.61. The van der Waals surface area contributed by atoms with Gasteiger partial charge >= 0.3 is 0 Å². The molecule has 2 rings (SSSR count). The third kappa shape index (κ3) is 3.05. The predicted molar refractivity (Wildman–Crippen MR) is 74.4 cm³/mol. The highest BCUT2D eigenvalue weighted by Crippen LogP contribution is 2.13. The van der Waals surface area contributed by atoms with E-state index in [9.17, 15) is 4.79 Å². The molecule has 0 saturated carbocycles. The minimum atomic E-state index is -0.0621. The molecule has 0 aliphatic heterocycles. The number of aromatic nitrogens is 3. The standard InChI is InChI=1S/C14H20N4O/c1-3-4-5-8-15-13(19)12-11-16-17(2)14(12)18-9-6-7-10-18/h6-7,9-11H,3-5,8H2,1-2H3,(H,15,19). The Hall–Kier alpha value is -2.04. The maximum absolute atomic E-state index is 12.2. The summed E-state index contributed by atoms with van der Waals surface area (Å²) in [5.41, 5.74) is 0.607. The molecule has 2 aromatic heterocycles. The molecule has 0 bridgehead atoms. The molecule has 1 N–H and O–H groups in total. The Bertz CT molecular complexity index is 528. The van der Waals surface area contributed by atoms with E-state index in [0.29, 0.717) is 12.1 Å². The van der Waals surface area contributed by atoms with Crippen molar-refractivity contribution < 1.29 is 4.79 Å². The van der Waals surface area contributed by atoms with Gasteiger partial charge in [0.2, 0.25) is 0 Å². The molecule has 1 amide bonds. The van der Waals surface area contributed by atoms with Crippen molar-refractivity contribution in [3.05, 3.63) is 36.3 Å². The lowest BCUT2D eigenvalue weighted by molar-refractivity contribution is 0.0953. The second kappa shape index (κ2) is 6.22. The smallest absolute Gasteiger partial charge is 0.256 e. The molecular formula is C14H20N4O. The van der Waals surface area contributed by atoms with E-state index >= 15 is 0 Å². The maximum atomic E-state index is 12.2. The van der Waals surface area contributed by atoms with Crippen LogP contribution in [0.1, 0.15) is 36.5 Å². The van der Waals surface area contributed by atoms with Gasteiger partial charge in [0.1, 0.15) is 11.4 Å². The van der Waals surface area contributed by atoms with Gasteiger partial charge in [0.25, 0.3) is 5.91 Å². The van der Waals surface area contributed by atoms with Gasteiger partial charge in [0, 0.05) is 26.0 Å². The van der Waals surface area contributed by atoms with Crippen molar-refractivity contribution in [2.24, 2.45) is 7.05 Å². The molecule has 19 heavy (non-hydrogen) atoms. The van der Waals surface area contributed by atoms with Crippen molar-refractivity contribution >= 4 is 5.91 Å². The summed E-state index contributed by atoms with van der Waals surface area (Å²) in [6.07, 6.45) is 8.73. The second-order valence-corrected chi connectivity index (χ2v) is 4.56. The zero-order chi connectivity index (χ0) is 13.7. The van der Waals surface area contributed by atoms with Crippen molar-refractivity contribution in [2.75, 3.05) is 6.54 Å². The van der Waals surface area contributed by atoms with Crippen LogP contribution in [0.15, 0.2) is 30.7 Å². The van der Waals surface area contributed by atoms with Gasteiger partial charge in [-0.1, -0.05) is 19.8 Å². The first-order valence-corrected chi connectivity index (χ1v) is 6.67. The molecule has 102 valence electrons. The molecule has 2 heterocycles. The van der Waals surface area contributed by atoms with Gasteiger partial charge in [-0.2, -0.15) is 5.10 Å². The summed E-state index contributed by atoms with van der Waals surface area (Å²) in [5, 5.41) is 7.12. The molecule has 2 aromatic rings. The van der Waals surface area contributed by atoms with Gasteiger partial charge < -0.3 is 9.88 Å². The van der Waals surface area contributed by atoms with Crippen LogP contribution in [0.2, 0.25) is 0 Å². The first-order chi connectivity index (χ1) is 9.24. The van der Waals surface area contributed by atoms with Crippen molar-refractivity contribution in [1.29, 1.82) is 0 Å². The quantitative estimate of drug-likeness (QED) is 0.809. The Morgan fingerprint density at radius 1 is 1.32 bits per heavy atom. The number of carbonyl (C=O) groups is 1. The van der Waals surface area contributed by atoms with Gasteiger partial charge in [-0.15, -0.1) is 0 Å². The molecule has 0 radical (unpaired) electrons. The molecule has 5 heteroatoms. The summed E-state index contributed by atoms with van der Waals surface area (Å²) in [5.74, 6) is 0.728. The SMILES string of the molecule is CCCCCNC(=O)c1cnn(C)c1-n1cccc1. The van der Waals surface area contributed by atoms with Gasteiger partial charge in [-0.25, -0.2) is 0 Å². The number of hydrogen-bond acceptors (Lipinski definition) is 2. The molecule has 0 fully saturated rings. The average molecular weight is 260 g/mol. The number of aryl methyl sites for hydroxylation is 1. The van der Waals surface area contributed by atoms with Crippen LogP contribution in [-0.2, 0) is 7.05 Å². The first-order valence-electron chi connectivity index (χ1n) is 6.67. The highest BCUT2D eigenvalue weighted by Gasteiger charge is 2.16. The molecule has 0 aromatic carbocycles. The summed E-state index contributed by atoms with van der Waals surface area (Å²) in [6.45, 7) is 2.86. The normalized spacial score (nSPS) is 10.6. The van der Waals surface area contributed by atoms with Crippen LogP contribution >= 0.6 is 0 Å². The fourth-order valence-corrected chi connectivity index (χ4v) is 2.05. The van der Waals surface area contributed by atoms with Crippen LogP contribution in [0.5, 0.6) is 0 Å². The van der Waals surface area contributed by atoms with Crippen LogP contribution in [0.3, 0.4) is 0 Å². The third-order valence-electron chi connectivity index (χ3n) is 3.07. The van der Waals surface area contributed by atoms with Crippen molar-refractivity contribution in [1.82, 2.24) is 19.7 Å². The molecule has 0 aliphatic carbocycles. The lowest BCUT2D eigenvalue weighted by Crippen LogP contribution is -2.25. The number of nitrogens with zero attached hydrogens (tertiary/aromatic N) is 3. The minimum absolute atomic E-state index is 0.0621. The zero-order valence-corrected chi connectivity index (χ0v) is 11.5. The van der Waals surface area contributed by atoms with Crippen molar-refractivity contribution in [2.45, 2.75) is 26.2 Å². The minimum Gasteiger partial charge on any atom is -0.352 e. The van der Waals surface area contributed by atoms with Gasteiger partial charge in [0.15, 0.2) is 0 Å². The van der Waals surface area contributed by atoms with E-state index < -0.39 is 0 Å². The summed E-state index contributed by atoms with van der Waals surface area (Å²) >= 11 is 0. The highest BCUT2D eigenvalue weighted by atomic mass is 16.1. The highest BCUT2D eigenvalue weighted by molar-refractivity contribution is 5.97. The number of amides is 1. The van der Waals surface area contributed by atoms with Crippen LogP contribution in [0, 0.1) is 0 Å². The van der Waals surface area contributed by atoms with Crippen LogP contribution in [0.4, 0.5) is 0 Å². The van der Waals surface area contributed by atoms with E-state index in [2.05, 4.69) is 17.3 Å². The van der Waals surface area contributed by atoms with E-state index in [1.807, 2.05) is 36.1 Å². The van der Waals surface area contributed by atoms with Crippen LogP contribution in [0.25, 0.3) is 5.82 Å². The van der Waals surface area contributed by atoms with Crippen LogP contribution in [-0.4, -0.2) is 26.8 Å². The van der Waals surface area contributed by atoms with Crippen molar-refractivity contribution in [3.8, 4) is 5.82 Å². The Labute approximate surface area is 113 Å². The Balaban J connectivity index is 2.10. The topological polar surface area (TPSA) is 51.9 Å². The molecule has 0 atom stereocenters. The predicted octanol–water partition coefficient (Wildman–Crippen LogP) is 2.13. The lowest BCUT2D eigenvalue weighted by Gasteiger charge is -2.08. The van der Waals surface area contributed by atoms with Crippen LogP contribution < -0.4 is 5.32 Å². The molecule has 0 spiro atoms. The summed E-state index contributed by atoms with van der Waals surface area (Å²) in [4.78, 5) is 12.2. The molecule has 0 aliphatic rings. The third-order valence-corrected chi connectivity index (χ3v) is 3.07. The number of carbonyl (C=O) groups excluding carboxylic acids is 1. The molecule has 0 saturated heterocycles. The first kappa shape index (κ1) is 13.4. The summed E-state index contributed by atoms with van der Waals surface area (Å²) in [6, 6.07) is 3.85. The maximum Gasteiger partial charge on any atom is 0.256 e. The number of nitrogens with one attached hydrogen (secondary N) is 1. The number of hydrogen-bond donors (Lipinski definition) is 1. The number of unbranched alkanes of at least 4 members (excludes halogenated alkanes) is 2. The largest absolute Gasteiger partial charge is 0.352 e. The lowest BCUT2D eigenvalue weighted by atomic mass is 10.2. The average Bonchev–Trinajstić information content (AvgIpc) is 3.03. The molecule has 5 nitrogen and oxygen atoms in total. The Kier molecular flexibility index (Phi) is 4.39. The van der Waals surface area contributed by atoms with Gasteiger partial charge in [0.05, 0.1) is 6.20 Å². The number of rotatable bonds is 6. The zero-order valence-electron chi connectivity index (χ0n) is 11.5. The summed E-state index contributed by atoms with van der Waals surface area (Å²) in [7, 11) is 1.84. The Morgan fingerprint density at radius 2 is 2.05 bits per heavy atom.